The fraction of sp³-hybridized carbons (Fsp3) is 0.905. The Morgan fingerprint density at radius 3 is 1.29 bits per heavy atom. The summed E-state index contributed by atoms with van der Waals surface area (Å²) in [5, 5.41) is 0. The minimum Gasteiger partial charge on any atom is -0.272 e. The molecule has 3 nitrogen and oxygen atoms in total. The van der Waals surface area contributed by atoms with Crippen molar-refractivity contribution in [3.8, 4) is 0 Å². The number of nitrogens with zero attached hydrogens (tertiary/aromatic N) is 1. The first kappa shape index (κ1) is 23.1. The summed E-state index contributed by atoms with van der Waals surface area (Å²) in [4.78, 5) is 24.0. The Labute approximate surface area is 149 Å². The van der Waals surface area contributed by atoms with E-state index in [1.54, 1.807) is 0 Å². The topological polar surface area (TPSA) is 46.5 Å². The highest BCUT2D eigenvalue weighted by Gasteiger charge is 1.98. The maximum Gasteiger partial charge on any atom is 0.256 e. The van der Waals surface area contributed by atoms with Gasteiger partial charge in [-0.1, -0.05) is 110 Å². The van der Waals surface area contributed by atoms with Gasteiger partial charge in [0.1, 0.15) is 0 Å². The molecule has 0 saturated heterocycles. The standard InChI is InChI=1S/C21H39NO2/c1-2-3-4-5-6-7-8-9-10-11-12-13-14-15-16-17-18-19-21(24)22-20-23/h2-19H2,1H3. The number of carbonyl (C=O) groups excluding carboxylic acids is 2. The molecule has 0 spiro atoms. The van der Waals surface area contributed by atoms with Gasteiger partial charge >= 0.3 is 0 Å². The average Bonchev–Trinajstić information content (AvgIpc) is 2.58. The summed E-state index contributed by atoms with van der Waals surface area (Å²) >= 11 is 0. The highest BCUT2D eigenvalue weighted by Crippen LogP contribution is 2.14. The number of unbranched alkanes of at least 4 members (excludes halogenated alkanes) is 16. The summed E-state index contributed by atoms with van der Waals surface area (Å²) in [6, 6.07) is 0. The highest BCUT2D eigenvalue weighted by atomic mass is 16.2. The predicted molar refractivity (Wildman–Crippen MR) is 102 cm³/mol. The van der Waals surface area contributed by atoms with Crippen LogP contribution in [0.1, 0.15) is 122 Å². The van der Waals surface area contributed by atoms with Crippen LogP contribution in [-0.4, -0.2) is 12.0 Å². The molecular weight excluding hydrogens is 298 g/mol. The van der Waals surface area contributed by atoms with E-state index in [0.29, 0.717) is 6.42 Å². The third-order valence-electron chi connectivity index (χ3n) is 4.66. The molecule has 140 valence electrons. The van der Waals surface area contributed by atoms with Gasteiger partial charge in [0.15, 0.2) is 0 Å². The molecule has 0 heterocycles. The summed E-state index contributed by atoms with van der Waals surface area (Å²) in [7, 11) is 0. The zero-order valence-electron chi connectivity index (χ0n) is 16.0. The first-order valence-electron chi connectivity index (χ1n) is 10.4. The molecule has 0 N–H and O–H groups in total. The van der Waals surface area contributed by atoms with Gasteiger partial charge in [0.05, 0.1) is 0 Å². The number of rotatable bonds is 18. The van der Waals surface area contributed by atoms with Gasteiger partial charge in [0, 0.05) is 6.42 Å². The van der Waals surface area contributed by atoms with Gasteiger partial charge in [-0.2, -0.15) is 0 Å². The zero-order valence-corrected chi connectivity index (χ0v) is 16.0. The Balaban J connectivity index is 3.05. The molecule has 0 fully saturated rings. The maximum atomic E-state index is 11.0. The van der Waals surface area contributed by atoms with E-state index in [1.165, 1.54) is 102 Å². The first-order chi connectivity index (χ1) is 11.8. The fourth-order valence-electron chi connectivity index (χ4n) is 3.11. The molecule has 0 radical (unpaired) electrons. The van der Waals surface area contributed by atoms with Crippen molar-refractivity contribution < 1.29 is 9.59 Å². The van der Waals surface area contributed by atoms with Crippen LogP contribution in [0.4, 0.5) is 0 Å². The van der Waals surface area contributed by atoms with E-state index in [-0.39, 0.29) is 5.91 Å². The molecule has 0 saturated carbocycles. The minimum absolute atomic E-state index is 0.328. The van der Waals surface area contributed by atoms with E-state index < -0.39 is 0 Å². The Kier molecular flexibility index (Phi) is 19.3. The van der Waals surface area contributed by atoms with Crippen molar-refractivity contribution in [2.24, 2.45) is 4.99 Å². The third kappa shape index (κ3) is 19.1. The molecule has 0 aromatic rings. The van der Waals surface area contributed by atoms with Crippen molar-refractivity contribution in [1.29, 1.82) is 0 Å². The van der Waals surface area contributed by atoms with Gasteiger partial charge < -0.3 is 0 Å². The van der Waals surface area contributed by atoms with Crippen molar-refractivity contribution in [2.75, 3.05) is 0 Å². The summed E-state index contributed by atoms with van der Waals surface area (Å²) in [5.41, 5.74) is 0. The molecule has 3 heteroatoms. The molecule has 0 aliphatic rings. The van der Waals surface area contributed by atoms with E-state index in [1.807, 2.05) is 0 Å². The van der Waals surface area contributed by atoms with Crippen LogP contribution in [0, 0.1) is 0 Å². The van der Waals surface area contributed by atoms with Crippen LogP contribution < -0.4 is 0 Å². The second-order valence-corrected chi connectivity index (χ2v) is 7.00. The Hall–Kier alpha value is -0.950. The van der Waals surface area contributed by atoms with Gasteiger partial charge in [-0.3, -0.25) is 4.79 Å². The van der Waals surface area contributed by atoms with E-state index in [4.69, 9.17) is 0 Å². The number of isocyanates is 1. The van der Waals surface area contributed by atoms with Crippen molar-refractivity contribution >= 4 is 12.0 Å². The lowest BCUT2D eigenvalue weighted by atomic mass is 10.0. The number of aliphatic imine (C=N–C) groups is 1. The van der Waals surface area contributed by atoms with Crippen LogP contribution in [0.2, 0.25) is 0 Å². The van der Waals surface area contributed by atoms with Gasteiger partial charge in [-0.05, 0) is 6.42 Å². The molecule has 0 aliphatic heterocycles. The Morgan fingerprint density at radius 1 is 0.625 bits per heavy atom. The number of carbonyl (C=O) groups is 1. The average molecular weight is 338 g/mol. The molecule has 0 aromatic heterocycles. The largest absolute Gasteiger partial charge is 0.272 e. The number of hydrogen-bond acceptors (Lipinski definition) is 2. The van der Waals surface area contributed by atoms with Crippen molar-refractivity contribution in [2.45, 2.75) is 122 Å². The van der Waals surface area contributed by atoms with Gasteiger partial charge in [-0.25, -0.2) is 4.79 Å². The summed E-state index contributed by atoms with van der Waals surface area (Å²) in [5.74, 6) is -0.328. The minimum atomic E-state index is -0.328. The molecule has 0 aliphatic carbocycles. The summed E-state index contributed by atoms with van der Waals surface area (Å²) < 4.78 is 0. The summed E-state index contributed by atoms with van der Waals surface area (Å²) in [6.07, 6.45) is 24.3. The van der Waals surface area contributed by atoms with Crippen LogP contribution in [0.15, 0.2) is 4.99 Å². The second kappa shape index (κ2) is 20.1. The second-order valence-electron chi connectivity index (χ2n) is 7.00. The van der Waals surface area contributed by atoms with E-state index in [2.05, 4.69) is 11.9 Å². The lowest BCUT2D eigenvalue weighted by molar-refractivity contribution is -0.117. The molecule has 0 bridgehead atoms. The third-order valence-corrected chi connectivity index (χ3v) is 4.66. The SMILES string of the molecule is CCCCCCCCCCCCCCCCCCCC(=O)N=C=O. The van der Waals surface area contributed by atoms with Crippen molar-refractivity contribution in [1.82, 2.24) is 0 Å². The molecule has 0 aromatic carbocycles. The molecular formula is C21H39NO2. The number of amides is 1. The molecule has 24 heavy (non-hydrogen) atoms. The predicted octanol–water partition coefficient (Wildman–Crippen LogP) is 6.89. The van der Waals surface area contributed by atoms with E-state index in [9.17, 15) is 9.59 Å². The van der Waals surface area contributed by atoms with Crippen LogP contribution >= 0.6 is 0 Å². The molecule has 0 unspecified atom stereocenters. The smallest absolute Gasteiger partial charge is 0.256 e. The highest BCUT2D eigenvalue weighted by molar-refractivity contribution is 5.81. The number of hydrogen-bond donors (Lipinski definition) is 0. The van der Waals surface area contributed by atoms with Crippen LogP contribution in [0.3, 0.4) is 0 Å². The zero-order chi connectivity index (χ0) is 17.7. The fourth-order valence-corrected chi connectivity index (χ4v) is 3.11. The van der Waals surface area contributed by atoms with Gasteiger partial charge in [-0.15, -0.1) is 4.99 Å². The van der Waals surface area contributed by atoms with E-state index >= 15 is 0 Å². The van der Waals surface area contributed by atoms with Gasteiger partial charge in [0.2, 0.25) is 6.08 Å². The summed E-state index contributed by atoms with van der Waals surface area (Å²) in [6.45, 7) is 2.27. The van der Waals surface area contributed by atoms with Crippen LogP contribution in [-0.2, 0) is 9.59 Å². The van der Waals surface area contributed by atoms with E-state index in [0.717, 1.165) is 12.8 Å². The Bertz CT molecular complexity index is 322. The lowest BCUT2D eigenvalue weighted by Crippen LogP contribution is -1.92. The molecule has 0 rings (SSSR count). The van der Waals surface area contributed by atoms with Crippen molar-refractivity contribution in [3.05, 3.63) is 0 Å². The quantitative estimate of drug-likeness (QED) is 0.155. The lowest BCUT2D eigenvalue weighted by Gasteiger charge is -2.03. The molecule has 1 amide bonds. The van der Waals surface area contributed by atoms with Crippen molar-refractivity contribution in [3.63, 3.8) is 0 Å². The van der Waals surface area contributed by atoms with Gasteiger partial charge in [0.25, 0.3) is 5.91 Å². The van der Waals surface area contributed by atoms with Crippen LogP contribution in [0.25, 0.3) is 0 Å². The molecule has 0 atom stereocenters. The Morgan fingerprint density at radius 2 is 0.958 bits per heavy atom. The van der Waals surface area contributed by atoms with Crippen LogP contribution in [0.5, 0.6) is 0 Å². The normalized spacial score (nSPS) is 10.5. The maximum absolute atomic E-state index is 11.0. The monoisotopic (exact) mass is 337 g/mol. The first-order valence-corrected chi connectivity index (χ1v) is 10.4.